The lowest BCUT2D eigenvalue weighted by atomic mass is 10.1. The summed E-state index contributed by atoms with van der Waals surface area (Å²) < 4.78 is 5.37. The van der Waals surface area contributed by atoms with E-state index in [9.17, 15) is 20.0 Å². The lowest BCUT2D eigenvalue weighted by molar-refractivity contribution is -0.385. The molecule has 2 aromatic rings. The maximum atomic E-state index is 11.7. The van der Waals surface area contributed by atoms with Crippen molar-refractivity contribution in [2.75, 3.05) is 6.61 Å². The number of hydrogen-bond acceptors (Lipinski definition) is 6. The van der Waals surface area contributed by atoms with Crippen LogP contribution in [-0.2, 0) is 4.79 Å². The highest BCUT2D eigenvalue weighted by atomic mass is 16.6. The number of nitrogens with zero attached hydrogens (tertiary/aromatic N) is 2. The Hall–Kier alpha value is -3.42. The molecule has 0 radical (unpaired) electrons. The van der Waals surface area contributed by atoms with Gasteiger partial charge in [-0.1, -0.05) is 6.07 Å². The molecular weight excluding hydrogens is 326 g/mol. The number of benzene rings is 2. The predicted octanol–water partition coefficient (Wildman–Crippen LogP) is 2.45. The molecule has 0 aliphatic carbocycles. The molecule has 0 unspecified atom stereocenters. The zero-order valence-electron chi connectivity index (χ0n) is 13.7. The second-order valence-corrected chi connectivity index (χ2v) is 5.33. The Kier molecular flexibility index (Phi) is 5.67. The van der Waals surface area contributed by atoms with Crippen molar-refractivity contribution in [1.82, 2.24) is 5.43 Å². The number of phenols is 1. The van der Waals surface area contributed by atoms with Crippen molar-refractivity contribution in [1.29, 1.82) is 0 Å². The molecule has 0 fully saturated rings. The Morgan fingerprint density at radius 2 is 2.04 bits per heavy atom. The van der Waals surface area contributed by atoms with Gasteiger partial charge in [-0.15, -0.1) is 0 Å². The van der Waals surface area contributed by atoms with E-state index in [2.05, 4.69) is 10.5 Å². The van der Waals surface area contributed by atoms with Crippen LogP contribution in [0.2, 0.25) is 0 Å². The average molecular weight is 343 g/mol. The number of ether oxygens (including phenoxy) is 1. The van der Waals surface area contributed by atoms with E-state index >= 15 is 0 Å². The molecule has 0 aromatic heterocycles. The molecule has 2 rings (SSSR count). The molecule has 0 aliphatic rings. The number of rotatable bonds is 6. The largest absolute Gasteiger partial charge is 0.502 e. The third-order valence-electron chi connectivity index (χ3n) is 3.45. The number of hydrazone groups is 1. The van der Waals surface area contributed by atoms with Crippen molar-refractivity contribution in [3.8, 4) is 11.5 Å². The fourth-order valence-corrected chi connectivity index (χ4v) is 1.94. The normalized spacial score (nSPS) is 10.6. The number of aromatic hydroxyl groups is 1. The van der Waals surface area contributed by atoms with Gasteiger partial charge in [0, 0.05) is 6.07 Å². The van der Waals surface area contributed by atoms with E-state index in [4.69, 9.17) is 4.74 Å². The lowest BCUT2D eigenvalue weighted by Gasteiger charge is -2.07. The first kappa shape index (κ1) is 17.9. The summed E-state index contributed by atoms with van der Waals surface area (Å²) in [7, 11) is 0. The van der Waals surface area contributed by atoms with Crippen LogP contribution in [0.25, 0.3) is 0 Å². The molecular formula is C17H17N3O5. The molecule has 130 valence electrons. The Morgan fingerprint density at radius 1 is 1.28 bits per heavy atom. The highest BCUT2D eigenvalue weighted by Gasteiger charge is 2.12. The number of phenolic OH excluding ortho intramolecular Hbond substituents is 1. The van der Waals surface area contributed by atoms with Gasteiger partial charge in [0.2, 0.25) is 0 Å². The van der Waals surface area contributed by atoms with Gasteiger partial charge in [-0.2, -0.15) is 5.10 Å². The van der Waals surface area contributed by atoms with Crippen LogP contribution in [0, 0.1) is 24.0 Å². The average Bonchev–Trinajstić information content (AvgIpc) is 2.55. The number of nitro benzene ring substituents is 1. The Labute approximate surface area is 143 Å². The minimum Gasteiger partial charge on any atom is -0.502 e. The van der Waals surface area contributed by atoms with Crippen molar-refractivity contribution >= 4 is 17.8 Å². The highest BCUT2D eigenvalue weighted by Crippen LogP contribution is 2.25. The summed E-state index contributed by atoms with van der Waals surface area (Å²) >= 11 is 0. The molecule has 0 atom stereocenters. The SMILES string of the molecule is Cc1ccc(OCC(=O)N/N=C/c2ccc([N+](=O)[O-])c(O)c2)cc1C. The van der Waals surface area contributed by atoms with Gasteiger partial charge in [0.15, 0.2) is 12.4 Å². The topological polar surface area (TPSA) is 114 Å². The molecule has 2 N–H and O–H groups in total. The van der Waals surface area contributed by atoms with Gasteiger partial charge in [-0.25, -0.2) is 5.43 Å². The summed E-state index contributed by atoms with van der Waals surface area (Å²) in [5, 5.41) is 23.8. The van der Waals surface area contributed by atoms with Gasteiger partial charge in [-0.3, -0.25) is 14.9 Å². The standard InChI is InChI=1S/C17H17N3O5/c1-11-3-5-14(7-12(11)2)25-10-17(22)19-18-9-13-4-6-15(20(23)24)16(21)8-13/h3-9,21H,10H2,1-2H3,(H,19,22)/b18-9+. The van der Waals surface area contributed by atoms with Gasteiger partial charge in [-0.05, 0) is 54.8 Å². The van der Waals surface area contributed by atoms with Crippen LogP contribution < -0.4 is 10.2 Å². The molecule has 2 aromatic carbocycles. The Morgan fingerprint density at radius 3 is 2.68 bits per heavy atom. The highest BCUT2D eigenvalue weighted by molar-refractivity contribution is 5.83. The molecule has 1 amide bonds. The summed E-state index contributed by atoms with van der Waals surface area (Å²) in [5.41, 5.74) is 4.47. The van der Waals surface area contributed by atoms with E-state index in [1.165, 1.54) is 18.3 Å². The molecule has 25 heavy (non-hydrogen) atoms. The number of nitro groups is 1. The van der Waals surface area contributed by atoms with Crippen LogP contribution in [0.4, 0.5) is 5.69 Å². The molecule has 0 bridgehead atoms. The molecule has 0 saturated carbocycles. The van der Waals surface area contributed by atoms with Gasteiger partial charge in [0.05, 0.1) is 11.1 Å². The molecule has 0 aliphatic heterocycles. The Bertz CT molecular complexity index is 833. The zero-order chi connectivity index (χ0) is 18.4. The predicted molar refractivity (Wildman–Crippen MR) is 91.9 cm³/mol. The fourth-order valence-electron chi connectivity index (χ4n) is 1.94. The van der Waals surface area contributed by atoms with E-state index in [-0.39, 0.29) is 6.61 Å². The van der Waals surface area contributed by atoms with Crippen molar-refractivity contribution < 1.29 is 19.6 Å². The summed E-state index contributed by atoms with van der Waals surface area (Å²) in [6.07, 6.45) is 1.26. The van der Waals surface area contributed by atoms with Crippen LogP contribution >= 0.6 is 0 Å². The quantitative estimate of drug-likeness (QED) is 0.475. The van der Waals surface area contributed by atoms with Gasteiger partial charge < -0.3 is 9.84 Å². The van der Waals surface area contributed by atoms with Crippen molar-refractivity contribution in [2.24, 2.45) is 5.10 Å². The second-order valence-electron chi connectivity index (χ2n) is 5.33. The maximum Gasteiger partial charge on any atom is 0.310 e. The number of amides is 1. The maximum absolute atomic E-state index is 11.7. The fraction of sp³-hybridized carbons (Fsp3) is 0.176. The van der Waals surface area contributed by atoms with Crippen LogP contribution in [0.5, 0.6) is 11.5 Å². The summed E-state index contributed by atoms with van der Waals surface area (Å²) in [4.78, 5) is 21.6. The van der Waals surface area contributed by atoms with Crippen molar-refractivity contribution in [2.45, 2.75) is 13.8 Å². The minimum absolute atomic E-state index is 0.203. The number of hydrogen-bond donors (Lipinski definition) is 2. The van der Waals surface area contributed by atoms with Gasteiger partial charge in [0.1, 0.15) is 5.75 Å². The third kappa shape index (κ3) is 5.03. The second kappa shape index (κ2) is 7.91. The van der Waals surface area contributed by atoms with Crippen LogP contribution in [0.15, 0.2) is 41.5 Å². The van der Waals surface area contributed by atoms with E-state index < -0.39 is 22.3 Å². The smallest absolute Gasteiger partial charge is 0.310 e. The monoisotopic (exact) mass is 343 g/mol. The van der Waals surface area contributed by atoms with E-state index in [1.807, 2.05) is 26.0 Å². The minimum atomic E-state index is -0.692. The third-order valence-corrected chi connectivity index (χ3v) is 3.45. The summed E-state index contributed by atoms with van der Waals surface area (Å²) in [6.45, 7) is 3.73. The molecule has 0 spiro atoms. The molecule has 8 nitrogen and oxygen atoms in total. The number of carbonyl (C=O) groups is 1. The van der Waals surface area contributed by atoms with E-state index in [0.29, 0.717) is 11.3 Å². The Balaban J connectivity index is 1.87. The number of aryl methyl sites for hydroxylation is 2. The van der Waals surface area contributed by atoms with Crippen LogP contribution in [0.1, 0.15) is 16.7 Å². The number of carbonyl (C=O) groups excluding carboxylic acids is 1. The first-order valence-electron chi connectivity index (χ1n) is 7.36. The van der Waals surface area contributed by atoms with Gasteiger partial charge in [0.25, 0.3) is 5.91 Å². The van der Waals surface area contributed by atoms with Gasteiger partial charge >= 0.3 is 5.69 Å². The number of nitrogens with one attached hydrogen (secondary N) is 1. The lowest BCUT2D eigenvalue weighted by Crippen LogP contribution is -2.24. The zero-order valence-corrected chi connectivity index (χ0v) is 13.7. The molecule has 0 heterocycles. The van der Waals surface area contributed by atoms with E-state index in [0.717, 1.165) is 17.2 Å². The van der Waals surface area contributed by atoms with Crippen LogP contribution in [0.3, 0.4) is 0 Å². The first-order valence-corrected chi connectivity index (χ1v) is 7.36. The molecule has 0 saturated heterocycles. The van der Waals surface area contributed by atoms with Crippen molar-refractivity contribution in [3.05, 3.63) is 63.2 Å². The van der Waals surface area contributed by atoms with E-state index in [1.54, 1.807) is 6.07 Å². The first-order chi connectivity index (χ1) is 11.9. The molecule has 8 heteroatoms. The summed E-state index contributed by atoms with van der Waals surface area (Å²) in [5.74, 6) is -0.346. The summed E-state index contributed by atoms with van der Waals surface area (Å²) in [6, 6.07) is 9.26. The van der Waals surface area contributed by atoms with Crippen LogP contribution in [-0.4, -0.2) is 28.8 Å². The van der Waals surface area contributed by atoms with Crippen molar-refractivity contribution in [3.63, 3.8) is 0 Å².